The Hall–Kier alpha value is -3.56. The first kappa shape index (κ1) is 24.6. The van der Waals surface area contributed by atoms with Gasteiger partial charge in [-0.05, 0) is 47.7 Å². The molecule has 4 aromatic rings. The van der Waals surface area contributed by atoms with Crippen LogP contribution >= 0.6 is 15.9 Å². The first-order valence-electron chi connectivity index (χ1n) is 12.0. The van der Waals surface area contributed by atoms with E-state index in [-0.39, 0.29) is 0 Å². The van der Waals surface area contributed by atoms with Gasteiger partial charge in [0.2, 0.25) is 0 Å². The predicted molar refractivity (Wildman–Crippen MR) is 154 cm³/mol. The Labute approximate surface area is 216 Å². The fraction of sp³-hybridized carbons (Fsp3) is 0.125. The Morgan fingerprint density at radius 2 is 1.31 bits per heavy atom. The number of aliphatic imine (C=N–C) groups is 2. The summed E-state index contributed by atoms with van der Waals surface area (Å²) in [5, 5.41) is 0. The molecule has 0 amide bonds. The molecule has 0 spiro atoms. The van der Waals surface area contributed by atoms with Crippen LogP contribution < -0.4 is 0 Å². The third kappa shape index (κ3) is 6.74. The number of nitrogens with zero attached hydrogens (tertiary/aromatic N) is 2. The minimum Gasteiger partial charge on any atom is -0.233 e. The van der Waals surface area contributed by atoms with Gasteiger partial charge >= 0.3 is 0 Å². The van der Waals surface area contributed by atoms with Crippen molar-refractivity contribution in [1.82, 2.24) is 0 Å². The van der Waals surface area contributed by atoms with Crippen molar-refractivity contribution in [3.05, 3.63) is 137 Å². The molecule has 0 atom stereocenters. The summed E-state index contributed by atoms with van der Waals surface area (Å²) in [4.78, 5) is 10.1. The van der Waals surface area contributed by atoms with Crippen molar-refractivity contribution in [2.75, 3.05) is 0 Å². The van der Waals surface area contributed by atoms with E-state index < -0.39 is 0 Å². The van der Waals surface area contributed by atoms with Crippen LogP contribution in [0.1, 0.15) is 42.9 Å². The average molecular weight is 522 g/mol. The number of amidine groups is 1. The number of benzene rings is 4. The molecule has 2 nitrogen and oxygen atoms in total. The quantitative estimate of drug-likeness (QED) is 0.163. The van der Waals surface area contributed by atoms with E-state index in [1.54, 1.807) is 0 Å². The van der Waals surface area contributed by atoms with Crippen LogP contribution in [0.25, 0.3) is 16.8 Å². The zero-order valence-electron chi connectivity index (χ0n) is 20.0. The maximum atomic E-state index is 5.12. The summed E-state index contributed by atoms with van der Waals surface area (Å²) in [5.74, 6) is 0.669. The minimum absolute atomic E-state index is 0.669. The van der Waals surface area contributed by atoms with Gasteiger partial charge in [-0.15, -0.1) is 0 Å². The molecule has 35 heavy (non-hydrogen) atoms. The third-order valence-electron chi connectivity index (χ3n) is 5.76. The molecule has 0 saturated heterocycles. The zero-order valence-corrected chi connectivity index (χ0v) is 21.6. The van der Waals surface area contributed by atoms with Crippen LogP contribution in [0.3, 0.4) is 0 Å². The van der Waals surface area contributed by atoms with Crippen LogP contribution in [0.15, 0.2) is 130 Å². The van der Waals surface area contributed by atoms with E-state index in [1.807, 2.05) is 36.4 Å². The second kappa shape index (κ2) is 12.2. The largest absolute Gasteiger partial charge is 0.233 e. The average Bonchev–Trinajstić information content (AvgIpc) is 2.92. The summed E-state index contributed by atoms with van der Waals surface area (Å²) < 4.78 is 1.02. The Morgan fingerprint density at radius 3 is 2.00 bits per heavy atom. The maximum Gasteiger partial charge on any atom is 0.160 e. The number of unbranched alkanes of at least 4 members (excludes halogenated alkanes) is 1. The fourth-order valence-corrected chi connectivity index (χ4v) is 4.09. The minimum atomic E-state index is 0.669. The predicted octanol–water partition coefficient (Wildman–Crippen LogP) is 9.21. The normalized spacial score (nSPS) is 11.9. The zero-order chi connectivity index (χ0) is 24.5. The topological polar surface area (TPSA) is 24.7 Å². The van der Waals surface area contributed by atoms with E-state index >= 15 is 0 Å². The van der Waals surface area contributed by atoms with Gasteiger partial charge in [0.1, 0.15) is 0 Å². The van der Waals surface area contributed by atoms with Crippen molar-refractivity contribution in [2.24, 2.45) is 9.98 Å². The second-order valence-corrected chi connectivity index (χ2v) is 9.28. The van der Waals surface area contributed by atoms with E-state index in [0.29, 0.717) is 11.5 Å². The molecule has 4 rings (SSSR count). The molecular formula is C32H29BrN2. The molecule has 174 valence electrons. The van der Waals surface area contributed by atoms with Crippen LogP contribution in [0.4, 0.5) is 0 Å². The highest BCUT2D eigenvalue weighted by Crippen LogP contribution is 2.25. The van der Waals surface area contributed by atoms with Crippen molar-refractivity contribution >= 4 is 33.2 Å². The van der Waals surface area contributed by atoms with E-state index in [1.165, 1.54) is 5.56 Å². The first-order chi connectivity index (χ1) is 17.1. The van der Waals surface area contributed by atoms with Crippen LogP contribution in [0.2, 0.25) is 0 Å². The summed E-state index contributed by atoms with van der Waals surface area (Å²) in [7, 11) is 0. The third-order valence-corrected chi connectivity index (χ3v) is 6.29. The Kier molecular flexibility index (Phi) is 8.58. The molecule has 0 aromatic heterocycles. The lowest BCUT2D eigenvalue weighted by Crippen LogP contribution is -2.07. The molecule has 0 saturated carbocycles. The van der Waals surface area contributed by atoms with E-state index in [9.17, 15) is 0 Å². The highest BCUT2D eigenvalue weighted by molar-refractivity contribution is 9.10. The van der Waals surface area contributed by atoms with Crippen LogP contribution in [0, 0.1) is 0 Å². The lowest BCUT2D eigenvalue weighted by atomic mass is 10.0. The SMILES string of the molecule is C=C(N=C(N=C(CCCC)c1ccccc1)c1ccc(Br)cc1)c1cccc(-c2ccccc2)c1. The van der Waals surface area contributed by atoms with Crippen LogP contribution in [0.5, 0.6) is 0 Å². The molecule has 0 aliphatic heterocycles. The van der Waals surface area contributed by atoms with E-state index in [2.05, 4.69) is 102 Å². The summed E-state index contributed by atoms with van der Waals surface area (Å²) in [6, 6.07) is 37.2. The van der Waals surface area contributed by atoms with Gasteiger partial charge in [0.05, 0.1) is 11.4 Å². The highest BCUT2D eigenvalue weighted by Gasteiger charge is 2.10. The molecule has 0 unspecified atom stereocenters. The Morgan fingerprint density at radius 1 is 0.686 bits per heavy atom. The lowest BCUT2D eigenvalue weighted by molar-refractivity contribution is 0.836. The highest BCUT2D eigenvalue weighted by atomic mass is 79.9. The molecule has 0 fully saturated rings. The summed E-state index contributed by atoms with van der Waals surface area (Å²) in [6.45, 7) is 6.52. The lowest BCUT2D eigenvalue weighted by Gasteiger charge is -2.11. The Balaban J connectivity index is 1.77. The number of hydrogen-bond acceptors (Lipinski definition) is 1. The second-order valence-electron chi connectivity index (χ2n) is 8.36. The molecule has 3 heteroatoms. The monoisotopic (exact) mass is 520 g/mol. The molecule has 0 heterocycles. The van der Waals surface area contributed by atoms with Crippen LogP contribution in [-0.2, 0) is 0 Å². The molecule has 0 radical (unpaired) electrons. The number of halogens is 1. The van der Waals surface area contributed by atoms with Gasteiger partial charge in [-0.25, -0.2) is 9.98 Å². The summed E-state index contributed by atoms with van der Waals surface area (Å²) in [5.41, 5.74) is 7.10. The van der Waals surface area contributed by atoms with Gasteiger partial charge in [-0.2, -0.15) is 0 Å². The molecular weight excluding hydrogens is 492 g/mol. The fourth-order valence-electron chi connectivity index (χ4n) is 3.82. The smallest absolute Gasteiger partial charge is 0.160 e. The maximum absolute atomic E-state index is 5.12. The number of rotatable bonds is 8. The van der Waals surface area contributed by atoms with Gasteiger partial charge < -0.3 is 0 Å². The van der Waals surface area contributed by atoms with Crippen molar-refractivity contribution in [1.29, 1.82) is 0 Å². The van der Waals surface area contributed by atoms with Gasteiger partial charge in [0, 0.05) is 15.6 Å². The molecule has 0 aliphatic carbocycles. The van der Waals surface area contributed by atoms with E-state index in [4.69, 9.17) is 9.98 Å². The standard InChI is InChI=1S/C32H29BrN2/c1-3-4-18-31(26-14-9-6-10-15-26)35-32(27-19-21-30(33)22-20-27)34-24(2)28-16-11-17-29(23-28)25-12-7-5-8-13-25/h5-17,19-23H,2-4,18H2,1H3. The summed E-state index contributed by atoms with van der Waals surface area (Å²) in [6.07, 6.45) is 3.07. The van der Waals surface area contributed by atoms with Gasteiger partial charge in [0.25, 0.3) is 0 Å². The van der Waals surface area contributed by atoms with Crippen molar-refractivity contribution in [2.45, 2.75) is 26.2 Å². The van der Waals surface area contributed by atoms with Crippen LogP contribution in [-0.4, -0.2) is 11.5 Å². The van der Waals surface area contributed by atoms with Gasteiger partial charge in [-0.3, -0.25) is 0 Å². The van der Waals surface area contributed by atoms with Crippen molar-refractivity contribution in [3.63, 3.8) is 0 Å². The Bertz CT molecular complexity index is 1320. The molecule has 0 aliphatic rings. The van der Waals surface area contributed by atoms with Crippen molar-refractivity contribution < 1.29 is 0 Å². The van der Waals surface area contributed by atoms with E-state index in [0.717, 1.165) is 51.7 Å². The molecule has 0 N–H and O–H groups in total. The first-order valence-corrected chi connectivity index (χ1v) is 12.8. The van der Waals surface area contributed by atoms with Gasteiger partial charge in [-0.1, -0.05) is 127 Å². The summed E-state index contributed by atoms with van der Waals surface area (Å²) >= 11 is 3.54. The molecule has 4 aromatic carbocycles. The van der Waals surface area contributed by atoms with Crippen molar-refractivity contribution in [3.8, 4) is 11.1 Å². The van der Waals surface area contributed by atoms with Gasteiger partial charge in [0.15, 0.2) is 5.84 Å². The number of hydrogen-bond donors (Lipinski definition) is 0. The molecule has 0 bridgehead atoms.